The van der Waals surface area contributed by atoms with E-state index < -0.39 is 29.6 Å². The van der Waals surface area contributed by atoms with Crippen molar-refractivity contribution in [3.63, 3.8) is 0 Å². The zero-order valence-electron chi connectivity index (χ0n) is 15.2. The maximum absolute atomic E-state index is 12.9. The molecule has 3 rings (SSSR count). The van der Waals surface area contributed by atoms with Crippen molar-refractivity contribution in [1.29, 1.82) is 0 Å². The lowest BCUT2D eigenvalue weighted by Crippen LogP contribution is -2.40. The normalized spacial score (nSPS) is 19.8. The van der Waals surface area contributed by atoms with Crippen molar-refractivity contribution in [2.24, 2.45) is 0 Å². The Morgan fingerprint density at radius 1 is 1.25 bits per heavy atom. The molecule has 0 saturated carbocycles. The Balaban J connectivity index is 1.77. The number of ether oxygens (including phenoxy) is 1. The first kappa shape index (κ1) is 20.1. The number of aromatic nitrogens is 1. The molecule has 1 atom stereocenters. The van der Waals surface area contributed by atoms with Crippen molar-refractivity contribution in [1.82, 2.24) is 15.2 Å². The van der Waals surface area contributed by atoms with Gasteiger partial charge in [-0.05, 0) is 37.5 Å². The molecule has 0 bridgehead atoms. The number of urea groups is 1. The van der Waals surface area contributed by atoms with Crippen LogP contribution in [-0.2, 0) is 23.3 Å². The third kappa shape index (κ3) is 4.11. The van der Waals surface area contributed by atoms with E-state index in [4.69, 9.17) is 0 Å². The lowest BCUT2D eigenvalue weighted by Gasteiger charge is -2.22. The molecule has 28 heavy (non-hydrogen) atoms. The average molecular weight is 413 g/mol. The Morgan fingerprint density at radius 3 is 2.54 bits per heavy atom. The highest BCUT2D eigenvalue weighted by Crippen LogP contribution is 2.32. The van der Waals surface area contributed by atoms with E-state index >= 15 is 0 Å². The minimum Gasteiger partial charge on any atom is -0.406 e. The van der Waals surface area contributed by atoms with Gasteiger partial charge in [0.15, 0.2) is 0 Å². The molecule has 10 heteroatoms. The van der Waals surface area contributed by atoms with Gasteiger partial charge in [-0.2, -0.15) is 0 Å². The van der Waals surface area contributed by atoms with Crippen LogP contribution in [-0.4, -0.2) is 28.2 Å². The highest BCUT2D eigenvalue weighted by molar-refractivity contribution is 7.09. The van der Waals surface area contributed by atoms with E-state index in [0.717, 1.165) is 34.9 Å². The van der Waals surface area contributed by atoms with Crippen LogP contribution in [0.25, 0.3) is 0 Å². The predicted molar refractivity (Wildman–Crippen MR) is 95.7 cm³/mol. The van der Waals surface area contributed by atoms with Gasteiger partial charge in [0.05, 0.1) is 17.2 Å². The number of amides is 3. The number of carbonyl (C=O) groups is 2. The van der Waals surface area contributed by atoms with Gasteiger partial charge in [-0.25, -0.2) is 9.78 Å². The summed E-state index contributed by atoms with van der Waals surface area (Å²) in [5.41, 5.74) is -0.404. The molecule has 0 spiro atoms. The number of nitrogens with zero attached hydrogens (tertiary/aromatic N) is 2. The summed E-state index contributed by atoms with van der Waals surface area (Å²) in [6.07, 6.45) is -3.03. The molecule has 1 fully saturated rings. The third-order valence-corrected chi connectivity index (χ3v) is 5.28. The molecule has 6 nitrogen and oxygen atoms in total. The van der Waals surface area contributed by atoms with Crippen molar-refractivity contribution in [2.45, 2.75) is 45.1 Å². The van der Waals surface area contributed by atoms with Gasteiger partial charge in [0, 0.05) is 5.38 Å². The monoisotopic (exact) mass is 413 g/mol. The van der Waals surface area contributed by atoms with Crippen LogP contribution in [0.1, 0.15) is 36.5 Å². The SMILES string of the molecule is CCCc1nc(CN2C(=O)NC(C)(c3ccc(OC(F)(F)F)cc3)C2=O)cs1. The van der Waals surface area contributed by atoms with E-state index in [-0.39, 0.29) is 6.54 Å². The van der Waals surface area contributed by atoms with Gasteiger partial charge in [0.25, 0.3) is 5.91 Å². The Labute approximate surface area is 163 Å². The zero-order valence-corrected chi connectivity index (χ0v) is 16.0. The number of hydrogen-bond acceptors (Lipinski definition) is 5. The van der Waals surface area contributed by atoms with Crippen molar-refractivity contribution in [2.75, 3.05) is 0 Å². The summed E-state index contributed by atoms with van der Waals surface area (Å²) in [5.74, 6) is -0.897. The van der Waals surface area contributed by atoms with Gasteiger partial charge in [0.1, 0.15) is 11.3 Å². The summed E-state index contributed by atoms with van der Waals surface area (Å²) in [6.45, 7) is 3.58. The molecule has 0 aliphatic carbocycles. The number of benzene rings is 1. The van der Waals surface area contributed by atoms with Gasteiger partial charge >= 0.3 is 12.4 Å². The highest BCUT2D eigenvalue weighted by Gasteiger charge is 2.49. The second-order valence-corrected chi connectivity index (χ2v) is 7.44. The third-order valence-electron chi connectivity index (χ3n) is 4.32. The van der Waals surface area contributed by atoms with Crippen LogP contribution in [0.2, 0.25) is 0 Å². The van der Waals surface area contributed by atoms with Crippen LogP contribution in [0.5, 0.6) is 5.75 Å². The lowest BCUT2D eigenvalue weighted by atomic mass is 9.92. The van der Waals surface area contributed by atoms with Crippen LogP contribution in [0.4, 0.5) is 18.0 Å². The standard InChI is InChI=1S/C18H18F3N3O3S/c1-3-4-14-22-12(10-28-14)9-24-15(25)17(2,23-16(24)26)11-5-7-13(8-6-11)27-18(19,20)21/h5-8,10H,3-4,9H2,1-2H3,(H,23,26). The summed E-state index contributed by atoms with van der Waals surface area (Å²) >= 11 is 1.48. The lowest BCUT2D eigenvalue weighted by molar-refractivity contribution is -0.274. The molecule has 1 aromatic carbocycles. The predicted octanol–water partition coefficient (Wildman–Crippen LogP) is 3.96. The number of imide groups is 1. The fourth-order valence-electron chi connectivity index (χ4n) is 2.94. The van der Waals surface area contributed by atoms with Gasteiger partial charge in [-0.1, -0.05) is 19.1 Å². The van der Waals surface area contributed by atoms with Crippen LogP contribution >= 0.6 is 11.3 Å². The molecule has 1 aliphatic heterocycles. The first-order valence-electron chi connectivity index (χ1n) is 8.56. The van der Waals surface area contributed by atoms with Gasteiger partial charge < -0.3 is 10.1 Å². The molecule has 2 heterocycles. The van der Waals surface area contributed by atoms with Crippen LogP contribution in [0, 0.1) is 0 Å². The maximum atomic E-state index is 12.9. The fraction of sp³-hybridized carbons (Fsp3) is 0.389. The number of nitrogens with one attached hydrogen (secondary N) is 1. The van der Waals surface area contributed by atoms with E-state index in [1.807, 2.05) is 12.3 Å². The summed E-state index contributed by atoms with van der Waals surface area (Å²) in [4.78, 5) is 30.7. The van der Waals surface area contributed by atoms with Crippen molar-refractivity contribution < 1.29 is 27.5 Å². The molecule has 1 aromatic heterocycles. The van der Waals surface area contributed by atoms with E-state index in [1.165, 1.54) is 30.4 Å². The zero-order chi connectivity index (χ0) is 20.5. The molecule has 0 radical (unpaired) electrons. The molecule has 150 valence electrons. The van der Waals surface area contributed by atoms with Crippen LogP contribution in [0.3, 0.4) is 0 Å². The number of rotatable bonds is 6. The second-order valence-electron chi connectivity index (χ2n) is 6.50. The molecule has 1 N–H and O–H groups in total. The Kier molecular flexibility index (Phi) is 5.33. The fourth-order valence-corrected chi connectivity index (χ4v) is 3.83. The number of hydrogen-bond donors (Lipinski definition) is 1. The van der Waals surface area contributed by atoms with Crippen molar-refractivity contribution in [3.8, 4) is 5.75 Å². The van der Waals surface area contributed by atoms with Crippen LogP contribution in [0.15, 0.2) is 29.6 Å². The van der Waals surface area contributed by atoms with Gasteiger partial charge in [-0.3, -0.25) is 9.69 Å². The van der Waals surface area contributed by atoms with Crippen molar-refractivity contribution in [3.05, 3.63) is 45.9 Å². The molecule has 1 saturated heterocycles. The quantitative estimate of drug-likeness (QED) is 0.728. The van der Waals surface area contributed by atoms with E-state index in [9.17, 15) is 22.8 Å². The topological polar surface area (TPSA) is 71.5 Å². The first-order chi connectivity index (χ1) is 13.1. The number of halogens is 3. The number of alkyl halides is 3. The second kappa shape index (κ2) is 7.42. The number of carbonyl (C=O) groups excluding carboxylic acids is 2. The summed E-state index contributed by atoms with van der Waals surface area (Å²) in [7, 11) is 0. The minimum atomic E-state index is -4.80. The maximum Gasteiger partial charge on any atom is 0.573 e. The summed E-state index contributed by atoms with van der Waals surface area (Å²) in [6, 6.07) is 4.28. The average Bonchev–Trinajstić information content (AvgIpc) is 3.13. The summed E-state index contributed by atoms with van der Waals surface area (Å²) in [5, 5.41) is 5.36. The van der Waals surface area contributed by atoms with E-state index in [2.05, 4.69) is 15.0 Å². The molecule has 1 unspecified atom stereocenters. The summed E-state index contributed by atoms with van der Waals surface area (Å²) < 4.78 is 40.7. The number of aryl methyl sites for hydroxylation is 1. The van der Waals surface area contributed by atoms with Crippen molar-refractivity contribution >= 4 is 23.3 Å². The number of thiazole rings is 1. The Morgan fingerprint density at radius 2 is 1.93 bits per heavy atom. The smallest absolute Gasteiger partial charge is 0.406 e. The Hall–Kier alpha value is -2.62. The molecule has 1 aliphatic rings. The van der Waals surface area contributed by atoms with Gasteiger partial charge in [0.2, 0.25) is 0 Å². The largest absolute Gasteiger partial charge is 0.573 e. The molecule has 3 amide bonds. The van der Waals surface area contributed by atoms with Gasteiger partial charge in [-0.15, -0.1) is 24.5 Å². The van der Waals surface area contributed by atoms with E-state index in [0.29, 0.717) is 11.3 Å². The highest BCUT2D eigenvalue weighted by atomic mass is 32.1. The minimum absolute atomic E-state index is 0.0374. The first-order valence-corrected chi connectivity index (χ1v) is 9.44. The molecular formula is C18H18F3N3O3S. The molecular weight excluding hydrogens is 395 g/mol. The van der Waals surface area contributed by atoms with E-state index in [1.54, 1.807) is 0 Å². The van der Waals surface area contributed by atoms with Crippen LogP contribution < -0.4 is 10.1 Å². The molecule has 2 aromatic rings. The Bertz CT molecular complexity index is 882.